The highest BCUT2D eigenvalue weighted by atomic mass is 32.2. The summed E-state index contributed by atoms with van der Waals surface area (Å²) in [5, 5.41) is 6.72. The number of hydrogen-bond donors (Lipinski definition) is 2. The predicted octanol–water partition coefficient (Wildman–Crippen LogP) is 1.63. The lowest BCUT2D eigenvalue weighted by Crippen LogP contribution is -2.23. The molecule has 2 N–H and O–H groups in total. The smallest absolute Gasteiger partial charge is 0.242 e. The maximum absolute atomic E-state index is 12.2. The fourth-order valence-corrected chi connectivity index (χ4v) is 4.30. The highest BCUT2D eigenvalue weighted by Gasteiger charge is 2.20. The first kappa shape index (κ1) is 15.2. The highest BCUT2D eigenvalue weighted by molar-refractivity contribution is 7.89. The Morgan fingerprint density at radius 3 is 2.85 bits per heavy atom. The van der Waals surface area contributed by atoms with Gasteiger partial charge in [0.15, 0.2) is 5.76 Å². The molecular formula is C12H17N3O3S2. The number of hydrogen-bond acceptors (Lipinski definition) is 6. The molecule has 0 saturated carbocycles. The summed E-state index contributed by atoms with van der Waals surface area (Å²) in [4.78, 5) is 2.11. The minimum absolute atomic E-state index is 0.0974. The molecule has 0 aliphatic heterocycles. The van der Waals surface area contributed by atoms with Gasteiger partial charge in [-0.1, -0.05) is 12.1 Å². The molecule has 0 spiro atoms. The van der Waals surface area contributed by atoms with E-state index < -0.39 is 10.0 Å². The summed E-state index contributed by atoms with van der Waals surface area (Å²) < 4.78 is 31.9. The number of nitrogens with zero attached hydrogens (tertiary/aromatic N) is 1. The van der Waals surface area contributed by atoms with Gasteiger partial charge in [-0.05, 0) is 19.5 Å². The average molecular weight is 315 g/mol. The first-order valence-electron chi connectivity index (χ1n) is 6.22. The number of nitrogens with one attached hydrogen (secondary N) is 2. The molecule has 2 aromatic heterocycles. The molecule has 0 saturated heterocycles. The van der Waals surface area contributed by atoms with Crippen molar-refractivity contribution in [3.05, 3.63) is 33.8 Å². The number of rotatable bonds is 7. The molecule has 0 fully saturated rings. The Kier molecular flexibility index (Phi) is 4.92. The van der Waals surface area contributed by atoms with Gasteiger partial charge < -0.3 is 9.84 Å². The number of aryl methyl sites for hydroxylation is 1. The summed E-state index contributed by atoms with van der Waals surface area (Å²) >= 11 is 1.49. The van der Waals surface area contributed by atoms with E-state index in [2.05, 4.69) is 15.2 Å². The number of aromatic nitrogens is 1. The normalized spacial score (nSPS) is 11.9. The lowest BCUT2D eigenvalue weighted by molar-refractivity contribution is 0.380. The molecule has 20 heavy (non-hydrogen) atoms. The summed E-state index contributed by atoms with van der Waals surface area (Å²) in [5.41, 5.74) is 0. The van der Waals surface area contributed by atoms with Crippen LogP contribution in [-0.2, 0) is 23.1 Å². The number of sulfonamides is 1. The van der Waals surface area contributed by atoms with Gasteiger partial charge >= 0.3 is 0 Å². The lowest BCUT2D eigenvalue weighted by atomic mass is 10.4. The van der Waals surface area contributed by atoms with E-state index in [9.17, 15) is 8.42 Å². The fraction of sp³-hybridized carbons (Fsp3) is 0.417. The van der Waals surface area contributed by atoms with Crippen molar-refractivity contribution in [3.8, 4) is 0 Å². The van der Waals surface area contributed by atoms with Crippen molar-refractivity contribution in [1.82, 2.24) is 15.2 Å². The molecule has 110 valence electrons. The summed E-state index contributed by atoms with van der Waals surface area (Å²) in [6, 6.07) is 3.34. The molecule has 6 nitrogen and oxygen atoms in total. The minimum Gasteiger partial charge on any atom is -0.360 e. The van der Waals surface area contributed by atoms with Gasteiger partial charge in [0, 0.05) is 22.4 Å². The molecule has 0 aliphatic carbocycles. The summed E-state index contributed by atoms with van der Waals surface area (Å²) in [5.74, 6) is 0.481. The molecule has 0 unspecified atom stereocenters. The van der Waals surface area contributed by atoms with Gasteiger partial charge in [-0.25, -0.2) is 13.1 Å². The van der Waals surface area contributed by atoms with Crippen LogP contribution >= 0.6 is 11.3 Å². The fourth-order valence-electron chi connectivity index (χ4n) is 1.70. The molecule has 0 amide bonds. The molecule has 0 atom stereocenters. The van der Waals surface area contributed by atoms with Crippen molar-refractivity contribution in [2.75, 3.05) is 6.54 Å². The summed E-state index contributed by atoms with van der Waals surface area (Å²) in [6.45, 7) is 5.45. The molecule has 2 aromatic rings. The van der Waals surface area contributed by atoms with Crippen LogP contribution in [0.15, 0.2) is 27.7 Å². The van der Waals surface area contributed by atoms with Crippen LogP contribution in [0.2, 0.25) is 0 Å². The van der Waals surface area contributed by atoms with E-state index in [1.54, 1.807) is 12.1 Å². The van der Waals surface area contributed by atoms with Crippen LogP contribution in [0.1, 0.15) is 22.4 Å². The van der Waals surface area contributed by atoms with Gasteiger partial charge in [0.2, 0.25) is 10.0 Å². The summed E-state index contributed by atoms with van der Waals surface area (Å²) in [7, 11) is -3.53. The van der Waals surface area contributed by atoms with Crippen molar-refractivity contribution in [2.24, 2.45) is 0 Å². The van der Waals surface area contributed by atoms with E-state index in [0.717, 1.165) is 16.3 Å². The Labute approximate surface area is 122 Å². The van der Waals surface area contributed by atoms with Crippen LogP contribution in [0.3, 0.4) is 0 Å². The monoisotopic (exact) mass is 315 g/mol. The molecular weight excluding hydrogens is 298 g/mol. The third kappa shape index (κ3) is 3.66. The van der Waals surface area contributed by atoms with E-state index in [0.29, 0.717) is 17.2 Å². The van der Waals surface area contributed by atoms with Crippen LogP contribution in [-0.4, -0.2) is 20.1 Å². The van der Waals surface area contributed by atoms with Crippen molar-refractivity contribution in [2.45, 2.75) is 31.8 Å². The highest BCUT2D eigenvalue weighted by Crippen LogP contribution is 2.25. The number of thiophene rings is 1. The van der Waals surface area contributed by atoms with Crippen molar-refractivity contribution in [1.29, 1.82) is 0 Å². The van der Waals surface area contributed by atoms with Crippen molar-refractivity contribution >= 4 is 21.4 Å². The first-order valence-corrected chi connectivity index (χ1v) is 8.52. The Morgan fingerprint density at radius 1 is 1.40 bits per heavy atom. The van der Waals surface area contributed by atoms with Crippen LogP contribution < -0.4 is 10.0 Å². The minimum atomic E-state index is -3.53. The largest absolute Gasteiger partial charge is 0.360 e. The Morgan fingerprint density at radius 2 is 2.20 bits per heavy atom. The van der Waals surface area contributed by atoms with Gasteiger partial charge in [0.1, 0.15) is 0 Å². The van der Waals surface area contributed by atoms with E-state index in [1.165, 1.54) is 17.5 Å². The third-order valence-corrected chi connectivity index (χ3v) is 5.40. The Hall–Kier alpha value is -1.22. The van der Waals surface area contributed by atoms with Gasteiger partial charge in [-0.2, -0.15) is 0 Å². The van der Waals surface area contributed by atoms with E-state index in [-0.39, 0.29) is 6.54 Å². The molecule has 0 aliphatic rings. The second-order valence-electron chi connectivity index (χ2n) is 4.22. The summed E-state index contributed by atoms with van der Waals surface area (Å²) in [6.07, 6.45) is 1.48. The molecule has 8 heteroatoms. The quantitative estimate of drug-likeness (QED) is 0.811. The van der Waals surface area contributed by atoms with Crippen molar-refractivity contribution in [3.63, 3.8) is 0 Å². The second kappa shape index (κ2) is 6.49. The van der Waals surface area contributed by atoms with E-state index in [4.69, 9.17) is 4.52 Å². The zero-order valence-corrected chi connectivity index (χ0v) is 13.0. The van der Waals surface area contributed by atoms with Crippen LogP contribution in [0.5, 0.6) is 0 Å². The Bertz CT molecular complexity index is 648. The average Bonchev–Trinajstić information content (AvgIpc) is 3.03. The van der Waals surface area contributed by atoms with Gasteiger partial charge in [-0.15, -0.1) is 11.3 Å². The Balaban J connectivity index is 2.10. The maximum atomic E-state index is 12.2. The van der Waals surface area contributed by atoms with E-state index in [1.807, 2.05) is 13.8 Å². The predicted molar refractivity (Wildman–Crippen MR) is 77.0 cm³/mol. The van der Waals surface area contributed by atoms with Crippen LogP contribution in [0.4, 0.5) is 0 Å². The van der Waals surface area contributed by atoms with Gasteiger partial charge in [0.05, 0.1) is 17.6 Å². The molecule has 2 heterocycles. The molecule has 2 rings (SSSR count). The first-order chi connectivity index (χ1) is 9.53. The van der Waals surface area contributed by atoms with Crippen LogP contribution in [0, 0.1) is 6.92 Å². The zero-order chi connectivity index (χ0) is 14.6. The molecule has 0 radical (unpaired) electrons. The van der Waals surface area contributed by atoms with Crippen LogP contribution in [0.25, 0.3) is 0 Å². The van der Waals surface area contributed by atoms with Gasteiger partial charge in [0.25, 0.3) is 0 Å². The standard InChI is InChI=1S/C12H17N3O3S2/c1-3-13-8-11-6-12(9(2)19-11)20(16,17)15-7-10-4-5-14-18-10/h4-6,13,15H,3,7-8H2,1-2H3. The second-order valence-corrected chi connectivity index (χ2v) is 7.29. The zero-order valence-electron chi connectivity index (χ0n) is 11.3. The lowest BCUT2D eigenvalue weighted by Gasteiger charge is -2.03. The van der Waals surface area contributed by atoms with Crippen molar-refractivity contribution < 1.29 is 12.9 Å². The van der Waals surface area contributed by atoms with E-state index >= 15 is 0 Å². The maximum Gasteiger partial charge on any atom is 0.242 e. The topological polar surface area (TPSA) is 84.2 Å². The SMILES string of the molecule is CCNCc1cc(S(=O)(=O)NCc2ccno2)c(C)s1. The third-order valence-electron chi connectivity index (χ3n) is 2.69. The molecule has 0 aromatic carbocycles. The molecule has 0 bridgehead atoms. The van der Waals surface area contributed by atoms with Gasteiger partial charge in [-0.3, -0.25) is 0 Å².